The van der Waals surface area contributed by atoms with Gasteiger partial charge in [-0.25, -0.2) is 10.2 Å². The second-order valence-corrected chi connectivity index (χ2v) is 5.43. The first-order valence-electron chi connectivity index (χ1n) is 6.10. The Labute approximate surface area is 130 Å². The summed E-state index contributed by atoms with van der Waals surface area (Å²) in [5.74, 6) is 0.774. The molecule has 1 aliphatic rings. The monoisotopic (exact) mass is 352 g/mol. The molecule has 0 amide bonds. The fourth-order valence-corrected chi connectivity index (χ4v) is 2.76. The van der Waals surface area contributed by atoms with Crippen molar-refractivity contribution in [1.29, 1.82) is 0 Å². The summed E-state index contributed by atoms with van der Waals surface area (Å²) in [6.45, 7) is 2.81. The van der Waals surface area contributed by atoms with Gasteiger partial charge in [-0.05, 0) is 35.0 Å². The van der Waals surface area contributed by atoms with Crippen LogP contribution in [0.2, 0.25) is 0 Å². The van der Waals surface area contributed by atoms with Gasteiger partial charge in [0.15, 0.2) is 5.84 Å². The number of aromatic nitrogens is 2. The van der Waals surface area contributed by atoms with E-state index in [1.807, 2.05) is 36.2 Å². The number of hydrazone groups is 1. The number of para-hydroxylation sites is 1. The number of nitrogens with one attached hydrogen (secondary N) is 2. The Bertz CT molecular complexity index is 668. The van der Waals surface area contributed by atoms with E-state index in [4.69, 9.17) is 0 Å². The van der Waals surface area contributed by atoms with Crippen LogP contribution in [0.25, 0.3) is 5.69 Å². The molecule has 2 aromatic rings. The van der Waals surface area contributed by atoms with Gasteiger partial charge in [-0.2, -0.15) is 5.10 Å². The molecule has 0 unspecified atom stereocenters. The van der Waals surface area contributed by atoms with Gasteiger partial charge < -0.3 is 0 Å². The van der Waals surface area contributed by atoms with Gasteiger partial charge >= 0.3 is 0 Å². The van der Waals surface area contributed by atoms with Gasteiger partial charge in [0.05, 0.1) is 17.4 Å². The van der Waals surface area contributed by atoms with E-state index in [0.29, 0.717) is 0 Å². The van der Waals surface area contributed by atoms with Crippen molar-refractivity contribution in [2.24, 2.45) is 5.10 Å². The first-order chi connectivity index (χ1) is 9.72. The zero-order chi connectivity index (χ0) is 14.1. The molecule has 2 heterocycles. The summed E-state index contributed by atoms with van der Waals surface area (Å²) in [5.41, 5.74) is 7.49. The molecule has 1 aromatic heterocycles. The molecular formula is C12H13BrN6S. The SMILES string of the molecule is CCN1NNN=C1c1cnn(-c2ccccc2Br)c1S. The molecule has 1 aromatic carbocycles. The lowest BCUT2D eigenvalue weighted by atomic mass is 10.3. The molecule has 1 aliphatic heterocycles. The highest BCUT2D eigenvalue weighted by Crippen LogP contribution is 2.25. The zero-order valence-electron chi connectivity index (χ0n) is 10.7. The summed E-state index contributed by atoms with van der Waals surface area (Å²) in [5, 5.41) is 11.2. The highest BCUT2D eigenvalue weighted by Gasteiger charge is 2.22. The van der Waals surface area contributed by atoms with Gasteiger partial charge in [-0.15, -0.1) is 23.3 Å². The first-order valence-corrected chi connectivity index (χ1v) is 7.34. The second-order valence-electron chi connectivity index (χ2n) is 4.15. The average molecular weight is 353 g/mol. The van der Waals surface area contributed by atoms with Crippen LogP contribution < -0.4 is 11.1 Å². The van der Waals surface area contributed by atoms with Crippen LogP contribution in [-0.4, -0.2) is 27.2 Å². The Morgan fingerprint density at radius 2 is 2.15 bits per heavy atom. The van der Waals surface area contributed by atoms with Crippen molar-refractivity contribution in [2.45, 2.75) is 11.9 Å². The van der Waals surface area contributed by atoms with Crippen LogP contribution in [0, 0.1) is 0 Å². The first kappa shape index (κ1) is 13.5. The molecule has 2 N–H and O–H groups in total. The van der Waals surface area contributed by atoms with Crippen molar-refractivity contribution >= 4 is 34.4 Å². The highest BCUT2D eigenvalue weighted by molar-refractivity contribution is 9.10. The van der Waals surface area contributed by atoms with Crippen molar-refractivity contribution in [2.75, 3.05) is 6.54 Å². The summed E-state index contributed by atoms with van der Waals surface area (Å²) >= 11 is 8.12. The fraction of sp³-hybridized carbons (Fsp3) is 0.167. The Hall–Kier alpha value is -1.51. The molecule has 3 rings (SSSR count). The third kappa shape index (κ3) is 2.19. The topological polar surface area (TPSA) is 57.5 Å². The molecule has 0 atom stereocenters. The molecule has 0 saturated heterocycles. The molecule has 20 heavy (non-hydrogen) atoms. The van der Waals surface area contributed by atoms with Crippen LogP contribution in [0.5, 0.6) is 0 Å². The van der Waals surface area contributed by atoms with Crippen LogP contribution >= 0.6 is 28.6 Å². The third-order valence-corrected chi connectivity index (χ3v) is 4.08. The van der Waals surface area contributed by atoms with E-state index in [-0.39, 0.29) is 0 Å². The fourth-order valence-electron chi connectivity index (χ4n) is 1.99. The van der Waals surface area contributed by atoms with Gasteiger partial charge in [-0.3, -0.25) is 5.01 Å². The minimum Gasteiger partial charge on any atom is -0.271 e. The number of hydrogen-bond acceptors (Lipinski definition) is 6. The van der Waals surface area contributed by atoms with Crippen molar-refractivity contribution in [3.8, 4) is 5.69 Å². The van der Waals surface area contributed by atoms with E-state index in [9.17, 15) is 0 Å². The maximum Gasteiger partial charge on any atom is 0.177 e. The molecule has 0 radical (unpaired) electrons. The van der Waals surface area contributed by atoms with Gasteiger partial charge in [0, 0.05) is 11.0 Å². The number of rotatable bonds is 3. The molecule has 0 fully saturated rings. The van der Waals surface area contributed by atoms with Crippen molar-refractivity contribution in [1.82, 2.24) is 25.9 Å². The Kier molecular flexibility index (Phi) is 3.68. The molecule has 0 saturated carbocycles. The standard InChI is InChI=1S/C12H13BrN6S/c1-2-18-11(15-16-17-18)8-7-14-19(12(8)20)10-6-4-3-5-9(10)13/h3-7,16-17,20H,2H2,1H3. The van der Waals surface area contributed by atoms with E-state index in [1.165, 1.54) is 0 Å². The van der Waals surface area contributed by atoms with Gasteiger partial charge in [0.1, 0.15) is 5.03 Å². The molecule has 0 spiro atoms. The molecular weight excluding hydrogens is 340 g/mol. The minimum absolute atomic E-state index is 0.736. The Morgan fingerprint density at radius 1 is 1.35 bits per heavy atom. The quantitative estimate of drug-likeness (QED) is 0.738. The summed E-state index contributed by atoms with van der Waals surface area (Å²) in [6, 6.07) is 7.87. The van der Waals surface area contributed by atoms with E-state index in [1.54, 1.807) is 10.9 Å². The van der Waals surface area contributed by atoms with Crippen LogP contribution in [0.4, 0.5) is 0 Å². The van der Waals surface area contributed by atoms with Crippen LogP contribution in [-0.2, 0) is 0 Å². The number of amidine groups is 1. The summed E-state index contributed by atoms with van der Waals surface area (Å²) in [6.07, 6.45) is 1.76. The predicted octanol–water partition coefficient (Wildman–Crippen LogP) is 1.93. The number of benzene rings is 1. The highest BCUT2D eigenvalue weighted by atomic mass is 79.9. The predicted molar refractivity (Wildman–Crippen MR) is 83.7 cm³/mol. The molecule has 8 heteroatoms. The minimum atomic E-state index is 0.736. The number of nitrogens with zero attached hydrogens (tertiary/aromatic N) is 4. The van der Waals surface area contributed by atoms with E-state index in [2.05, 4.69) is 49.8 Å². The largest absolute Gasteiger partial charge is 0.271 e. The average Bonchev–Trinajstić information content (AvgIpc) is 3.05. The maximum atomic E-state index is 4.59. The van der Waals surface area contributed by atoms with Crippen molar-refractivity contribution in [3.05, 3.63) is 40.5 Å². The Balaban J connectivity index is 2.04. The van der Waals surface area contributed by atoms with Gasteiger partial charge in [0.2, 0.25) is 0 Å². The van der Waals surface area contributed by atoms with E-state index in [0.717, 1.165) is 33.1 Å². The summed E-state index contributed by atoms with van der Waals surface area (Å²) < 4.78 is 2.74. The zero-order valence-corrected chi connectivity index (χ0v) is 13.2. The van der Waals surface area contributed by atoms with E-state index >= 15 is 0 Å². The van der Waals surface area contributed by atoms with Gasteiger partial charge in [0.25, 0.3) is 0 Å². The molecule has 0 bridgehead atoms. The smallest absolute Gasteiger partial charge is 0.177 e. The Morgan fingerprint density at radius 3 is 2.90 bits per heavy atom. The molecule has 6 nitrogen and oxygen atoms in total. The number of hydrazine groups is 2. The summed E-state index contributed by atoms with van der Waals surface area (Å²) in [7, 11) is 0. The second kappa shape index (κ2) is 5.47. The molecule has 0 aliphatic carbocycles. The molecule has 104 valence electrons. The van der Waals surface area contributed by atoms with E-state index < -0.39 is 0 Å². The lowest BCUT2D eigenvalue weighted by Gasteiger charge is -2.15. The van der Waals surface area contributed by atoms with Crippen molar-refractivity contribution in [3.63, 3.8) is 0 Å². The lowest BCUT2D eigenvalue weighted by Crippen LogP contribution is -2.40. The van der Waals surface area contributed by atoms with Crippen LogP contribution in [0.15, 0.2) is 45.1 Å². The third-order valence-electron chi connectivity index (χ3n) is 2.98. The number of halogens is 1. The number of thiol groups is 1. The lowest BCUT2D eigenvalue weighted by molar-refractivity contribution is 0.308. The van der Waals surface area contributed by atoms with Gasteiger partial charge in [-0.1, -0.05) is 12.1 Å². The maximum absolute atomic E-state index is 4.59. The summed E-state index contributed by atoms with van der Waals surface area (Å²) in [4.78, 5) is 0. The van der Waals surface area contributed by atoms with Crippen LogP contribution in [0.1, 0.15) is 12.5 Å². The van der Waals surface area contributed by atoms with Crippen molar-refractivity contribution < 1.29 is 0 Å². The van der Waals surface area contributed by atoms with Crippen LogP contribution in [0.3, 0.4) is 0 Å². The normalized spacial score (nSPS) is 14.3. The number of hydrogen-bond donors (Lipinski definition) is 3.